The Morgan fingerprint density at radius 3 is 2.22 bits per heavy atom. The summed E-state index contributed by atoms with van der Waals surface area (Å²) < 4.78 is 4.37. The Hall–Kier alpha value is -1.48. The Balaban J connectivity index is 0. The number of hydrogen-bond acceptors (Lipinski definition) is 6. The molecule has 0 rings (SSSR count). The van der Waals surface area contributed by atoms with Crippen molar-refractivity contribution in [1.82, 2.24) is 10.6 Å². The monoisotopic (exact) mass is 352 g/mol. The Morgan fingerprint density at radius 1 is 1.17 bits per heavy atom. The largest absolute Gasteiger partial charge is 0.505 e. The fourth-order valence-corrected chi connectivity index (χ4v) is 1.47. The van der Waals surface area contributed by atoms with E-state index in [0.29, 0.717) is 12.3 Å². The lowest BCUT2D eigenvalue weighted by atomic mass is 9.87. The molecule has 4 N–H and O–H groups in total. The molecule has 1 unspecified atom stereocenters. The third-order valence-corrected chi connectivity index (χ3v) is 2.87. The predicted octanol–water partition coefficient (Wildman–Crippen LogP) is 0.647. The van der Waals surface area contributed by atoms with E-state index in [2.05, 4.69) is 28.0 Å². The van der Waals surface area contributed by atoms with Crippen molar-refractivity contribution in [2.24, 2.45) is 5.41 Å². The predicted molar refractivity (Wildman–Crippen MR) is 89.6 cm³/mol. The van der Waals surface area contributed by atoms with Crippen molar-refractivity contribution in [1.29, 1.82) is 0 Å². The molecular weight excluding hydrogens is 324 g/mol. The minimum atomic E-state index is -1.48. The highest BCUT2D eigenvalue weighted by atomic mass is 32.1. The quantitative estimate of drug-likeness (QED) is 0.306. The van der Waals surface area contributed by atoms with Crippen LogP contribution in [-0.4, -0.2) is 59.7 Å². The highest BCUT2D eigenvalue weighted by Gasteiger charge is 2.34. The Kier molecular flexibility index (Phi) is 13.4. The molecule has 0 aromatic rings. The molecule has 136 valence electrons. The first-order valence-corrected chi connectivity index (χ1v) is 8.03. The van der Waals surface area contributed by atoms with E-state index in [0.717, 1.165) is 0 Å². The minimum Gasteiger partial charge on any atom is -0.450 e. The lowest BCUT2D eigenvalue weighted by molar-refractivity contribution is -0.137. The van der Waals surface area contributed by atoms with E-state index in [9.17, 15) is 19.5 Å². The van der Waals surface area contributed by atoms with Gasteiger partial charge in [0.25, 0.3) is 0 Å². The minimum absolute atomic E-state index is 0.0736. The SMILES string of the molecule is CC.CC(C)(COC(=O)O)C(O)C(=O)NCCC(=O)NCCS. The third kappa shape index (κ3) is 11.7. The maximum absolute atomic E-state index is 11.7. The lowest BCUT2D eigenvalue weighted by Gasteiger charge is -2.28. The molecule has 0 saturated carbocycles. The number of carbonyl (C=O) groups excluding carboxylic acids is 2. The van der Waals surface area contributed by atoms with Crippen LogP contribution in [0.3, 0.4) is 0 Å². The van der Waals surface area contributed by atoms with E-state index in [4.69, 9.17) is 5.11 Å². The van der Waals surface area contributed by atoms with Gasteiger partial charge in [-0.2, -0.15) is 12.6 Å². The average Bonchev–Trinajstić information content (AvgIpc) is 2.52. The molecule has 0 aromatic heterocycles. The van der Waals surface area contributed by atoms with Gasteiger partial charge in [0.15, 0.2) is 0 Å². The van der Waals surface area contributed by atoms with Crippen LogP contribution < -0.4 is 10.6 Å². The molecule has 2 amide bonds. The maximum atomic E-state index is 11.7. The Labute approximate surface area is 142 Å². The van der Waals surface area contributed by atoms with E-state index in [1.807, 2.05) is 13.8 Å². The molecule has 9 heteroatoms. The van der Waals surface area contributed by atoms with Gasteiger partial charge in [0.2, 0.25) is 11.8 Å². The van der Waals surface area contributed by atoms with Crippen molar-refractivity contribution in [2.45, 2.75) is 40.2 Å². The number of rotatable bonds is 9. The summed E-state index contributed by atoms with van der Waals surface area (Å²) in [6, 6.07) is 0. The summed E-state index contributed by atoms with van der Waals surface area (Å²) in [5, 5.41) is 23.3. The number of aliphatic hydroxyl groups is 1. The summed E-state index contributed by atoms with van der Waals surface area (Å²) in [5.74, 6) is -0.391. The number of amides is 2. The molecule has 0 fully saturated rings. The van der Waals surface area contributed by atoms with Gasteiger partial charge in [-0.25, -0.2) is 4.79 Å². The first-order chi connectivity index (χ1) is 10.7. The van der Waals surface area contributed by atoms with Gasteiger partial charge in [0, 0.05) is 30.7 Å². The van der Waals surface area contributed by atoms with E-state index in [1.165, 1.54) is 13.8 Å². The van der Waals surface area contributed by atoms with Crippen molar-refractivity contribution in [2.75, 3.05) is 25.4 Å². The molecule has 0 radical (unpaired) electrons. The Morgan fingerprint density at radius 2 is 1.74 bits per heavy atom. The normalized spacial score (nSPS) is 11.6. The molecule has 8 nitrogen and oxygen atoms in total. The molecule has 0 aliphatic carbocycles. The van der Waals surface area contributed by atoms with Crippen molar-refractivity contribution < 1.29 is 29.3 Å². The summed E-state index contributed by atoms with van der Waals surface area (Å²) in [4.78, 5) is 33.3. The van der Waals surface area contributed by atoms with Gasteiger partial charge in [-0.05, 0) is 0 Å². The fraction of sp³-hybridized carbons (Fsp3) is 0.786. The molecule has 0 saturated heterocycles. The second kappa shape index (κ2) is 13.0. The number of aliphatic hydroxyl groups excluding tert-OH is 1. The van der Waals surface area contributed by atoms with Crippen LogP contribution in [0.4, 0.5) is 4.79 Å². The van der Waals surface area contributed by atoms with Crippen molar-refractivity contribution in [3.05, 3.63) is 0 Å². The smallest absolute Gasteiger partial charge is 0.450 e. The maximum Gasteiger partial charge on any atom is 0.505 e. The third-order valence-electron chi connectivity index (χ3n) is 2.64. The van der Waals surface area contributed by atoms with Crippen molar-refractivity contribution in [3.8, 4) is 0 Å². The van der Waals surface area contributed by atoms with Crippen LogP contribution in [0.5, 0.6) is 0 Å². The second-order valence-electron chi connectivity index (χ2n) is 5.06. The summed E-state index contributed by atoms with van der Waals surface area (Å²) in [6.07, 6.45) is -2.84. The number of thiol groups is 1. The zero-order chi connectivity index (χ0) is 18.5. The van der Waals surface area contributed by atoms with Gasteiger partial charge >= 0.3 is 6.16 Å². The molecule has 0 aromatic carbocycles. The van der Waals surface area contributed by atoms with Gasteiger partial charge < -0.3 is 25.6 Å². The average molecular weight is 352 g/mol. The van der Waals surface area contributed by atoms with Gasteiger partial charge in [-0.1, -0.05) is 27.7 Å². The van der Waals surface area contributed by atoms with Crippen molar-refractivity contribution in [3.63, 3.8) is 0 Å². The number of ether oxygens (including phenoxy) is 1. The standard InChI is InChI=1S/C12H22N2O6S.C2H6/c1-12(2,7-20-11(18)19)9(16)10(17)14-4-3-8(15)13-5-6-21;1-2/h9,16,21H,3-7H2,1-2H3,(H,13,15)(H,14,17)(H,18,19);1-2H3. The first-order valence-electron chi connectivity index (χ1n) is 7.39. The van der Waals surface area contributed by atoms with Gasteiger partial charge in [-0.15, -0.1) is 0 Å². The van der Waals surface area contributed by atoms with Crippen LogP contribution in [-0.2, 0) is 14.3 Å². The summed E-state index contributed by atoms with van der Waals surface area (Å²) in [5.41, 5.74) is -1.07. The molecule has 23 heavy (non-hydrogen) atoms. The zero-order valence-electron chi connectivity index (χ0n) is 14.1. The topological polar surface area (TPSA) is 125 Å². The van der Waals surface area contributed by atoms with E-state index >= 15 is 0 Å². The molecule has 0 heterocycles. The number of carboxylic acid groups (broad SMARTS) is 1. The molecular formula is C14H28N2O6S. The molecule has 1 atom stereocenters. The first kappa shape index (κ1) is 23.8. The van der Waals surface area contributed by atoms with Crippen LogP contribution in [0.15, 0.2) is 0 Å². The van der Waals surface area contributed by atoms with E-state index < -0.39 is 23.6 Å². The number of nitrogens with one attached hydrogen (secondary N) is 2. The fourth-order valence-electron chi connectivity index (χ4n) is 1.36. The molecule has 0 bridgehead atoms. The molecule has 0 aliphatic rings. The zero-order valence-corrected chi connectivity index (χ0v) is 15.0. The summed E-state index contributed by atoms with van der Waals surface area (Å²) >= 11 is 3.94. The number of hydrogen-bond donors (Lipinski definition) is 5. The summed E-state index contributed by atoms with van der Waals surface area (Å²) in [6.45, 7) is 7.20. The molecule has 0 aliphatic heterocycles. The van der Waals surface area contributed by atoms with Crippen LogP contribution >= 0.6 is 12.6 Å². The van der Waals surface area contributed by atoms with E-state index in [1.54, 1.807) is 0 Å². The van der Waals surface area contributed by atoms with E-state index in [-0.39, 0.29) is 25.5 Å². The summed E-state index contributed by atoms with van der Waals surface area (Å²) in [7, 11) is 0. The number of carbonyl (C=O) groups is 3. The van der Waals surface area contributed by atoms with Crippen LogP contribution in [0.1, 0.15) is 34.1 Å². The highest BCUT2D eigenvalue weighted by molar-refractivity contribution is 7.80. The Bertz CT molecular complexity index is 376. The van der Waals surface area contributed by atoms with Crippen LogP contribution in [0.25, 0.3) is 0 Å². The van der Waals surface area contributed by atoms with Crippen LogP contribution in [0.2, 0.25) is 0 Å². The second-order valence-corrected chi connectivity index (χ2v) is 5.51. The van der Waals surface area contributed by atoms with Gasteiger partial charge in [0.1, 0.15) is 12.7 Å². The van der Waals surface area contributed by atoms with Crippen LogP contribution in [0, 0.1) is 5.41 Å². The van der Waals surface area contributed by atoms with Gasteiger partial charge in [0.05, 0.1) is 0 Å². The molecule has 0 spiro atoms. The highest BCUT2D eigenvalue weighted by Crippen LogP contribution is 2.21. The lowest BCUT2D eigenvalue weighted by Crippen LogP contribution is -2.46. The van der Waals surface area contributed by atoms with Crippen molar-refractivity contribution >= 4 is 30.6 Å². The van der Waals surface area contributed by atoms with Gasteiger partial charge in [-0.3, -0.25) is 9.59 Å².